The molecule has 132 valence electrons. The topological polar surface area (TPSA) is 40.1 Å². The van der Waals surface area contributed by atoms with Gasteiger partial charge >= 0.3 is 0 Å². The fourth-order valence-electron chi connectivity index (χ4n) is 2.81. The van der Waals surface area contributed by atoms with Crippen LogP contribution < -0.4 is 15.0 Å². The third-order valence-corrected chi connectivity index (χ3v) is 4.14. The van der Waals surface area contributed by atoms with E-state index in [1.807, 2.05) is 19.1 Å². The van der Waals surface area contributed by atoms with Gasteiger partial charge in [0.15, 0.2) is 5.96 Å². The number of anilines is 1. The van der Waals surface area contributed by atoms with Crippen molar-refractivity contribution < 1.29 is 4.74 Å². The summed E-state index contributed by atoms with van der Waals surface area (Å²) < 4.78 is 5.23. The molecule has 0 saturated carbocycles. The van der Waals surface area contributed by atoms with Gasteiger partial charge in [0.05, 0.1) is 7.11 Å². The number of aliphatic imine (C=N–C) groups is 1. The van der Waals surface area contributed by atoms with Crippen molar-refractivity contribution in [1.82, 2.24) is 10.2 Å². The fourth-order valence-corrected chi connectivity index (χ4v) is 2.81. The Morgan fingerprint density at radius 1 is 1.21 bits per heavy atom. The quantitative estimate of drug-likeness (QED) is 0.377. The first-order valence-corrected chi connectivity index (χ1v) is 8.82. The van der Waals surface area contributed by atoms with E-state index in [9.17, 15) is 0 Å². The van der Waals surface area contributed by atoms with Gasteiger partial charge in [-0.15, -0.1) is 0 Å². The maximum absolute atomic E-state index is 5.23. The lowest BCUT2D eigenvalue weighted by Gasteiger charge is -2.37. The number of hydrogen-bond donors (Lipinski definition) is 1. The van der Waals surface area contributed by atoms with Gasteiger partial charge in [0.1, 0.15) is 5.75 Å². The van der Waals surface area contributed by atoms with E-state index >= 15 is 0 Å². The summed E-state index contributed by atoms with van der Waals surface area (Å²) in [5, 5.41) is 3.42. The highest BCUT2D eigenvalue weighted by Crippen LogP contribution is 2.20. The molecular weight excluding hydrogens is 300 g/mol. The molecule has 0 spiro atoms. The highest BCUT2D eigenvalue weighted by atomic mass is 16.5. The van der Waals surface area contributed by atoms with Crippen LogP contribution in [-0.2, 0) is 0 Å². The minimum atomic E-state index is 0.839. The number of benzene rings is 1. The van der Waals surface area contributed by atoms with Gasteiger partial charge < -0.3 is 19.9 Å². The molecule has 1 N–H and O–H groups in total. The van der Waals surface area contributed by atoms with Crippen LogP contribution in [0, 0.1) is 0 Å². The molecule has 24 heavy (non-hydrogen) atoms. The maximum Gasteiger partial charge on any atom is 0.194 e. The minimum Gasteiger partial charge on any atom is -0.497 e. The molecule has 1 aliphatic rings. The van der Waals surface area contributed by atoms with E-state index in [1.165, 1.54) is 5.69 Å². The van der Waals surface area contributed by atoms with Gasteiger partial charge in [0.2, 0.25) is 0 Å². The molecule has 0 bridgehead atoms. The largest absolute Gasteiger partial charge is 0.497 e. The molecule has 1 aromatic rings. The highest BCUT2D eigenvalue weighted by Gasteiger charge is 2.19. The van der Waals surface area contributed by atoms with Crippen LogP contribution >= 0.6 is 0 Å². The zero-order valence-corrected chi connectivity index (χ0v) is 15.2. The third-order valence-electron chi connectivity index (χ3n) is 4.14. The van der Waals surface area contributed by atoms with Crippen molar-refractivity contribution in [3.05, 3.63) is 36.4 Å². The van der Waals surface area contributed by atoms with Crippen LogP contribution in [0.4, 0.5) is 5.69 Å². The van der Waals surface area contributed by atoms with E-state index < -0.39 is 0 Å². The smallest absolute Gasteiger partial charge is 0.194 e. The number of guanidine groups is 1. The number of piperazine rings is 1. The Balaban J connectivity index is 1.90. The lowest BCUT2D eigenvalue weighted by atomic mass is 10.2. The summed E-state index contributed by atoms with van der Waals surface area (Å²) in [6.07, 6.45) is 5.24. The first-order chi connectivity index (χ1) is 11.8. The van der Waals surface area contributed by atoms with Crippen molar-refractivity contribution in [3.63, 3.8) is 0 Å². The summed E-state index contributed by atoms with van der Waals surface area (Å²) in [5.41, 5.74) is 1.26. The second-order valence-electron chi connectivity index (χ2n) is 5.77. The minimum absolute atomic E-state index is 0.839. The maximum atomic E-state index is 5.23. The van der Waals surface area contributed by atoms with Gasteiger partial charge in [-0.25, -0.2) is 0 Å². The van der Waals surface area contributed by atoms with E-state index in [1.54, 1.807) is 7.11 Å². The van der Waals surface area contributed by atoms with E-state index in [2.05, 4.69) is 46.3 Å². The van der Waals surface area contributed by atoms with Crippen LogP contribution in [0.2, 0.25) is 0 Å². The van der Waals surface area contributed by atoms with E-state index in [0.717, 1.165) is 57.4 Å². The Hall–Kier alpha value is -2.17. The van der Waals surface area contributed by atoms with E-state index in [0.29, 0.717) is 0 Å². The zero-order chi connectivity index (χ0) is 17.2. The van der Waals surface area contributed by atoms with Crippen molar-refractivity contribution in [2.24, 2.45) is 4.99 Å². The first-order valence-electron chi connectivity index (χ1n) is 8.82. The number of hydrogen-bond acceptors (Lipinski definition) is 3. The van der Waals surface area contributed by atoms with Crippen LogP contribution in [-0.4, -0.2) is 57.2 Å². The molecule has 0 atom stereocenters. The SMILES string of the molecule is C/C=C/CCN=C(NCC)N1CCN(c2ccc(OC)cc2)CC1. The van der Waals surface area contributed by atoms with Gasteiger partial charge in [-0.2, -0.15) is 0 Å². The normalized spacial score (nSPS) is 15.9. The highest BCUT2D eigenvalue weighted by molar-refractivity contribution is 5.80. The second kappa shape index (κ2) is 9.85. The molecule has 0 unspecified atom stereocenters. The molecular formula is C19H30N4O. The Labute approximate surface area is 146 Å². The summed E-state index contributed by atoms with van der Waals surface area (Å²) >= 11 is 0. The molecule has 1 fully saturated rings. The third kappa shape index (κ3) is 5.18. The molecule has 5 heteroatoms. The van der Waals surface area contributed by atoms with Crippen LogP contribution in [0.3, 0.4) is 0 Å². The van der Waals surface area contributed by atoms with Gasteiger partial charge in [0, 0.05) is 45.0 Å². The fraction of sp³-hybridized carbons (Fsp3) is 0.526. The van der Waals surface area contributed by atoms with Crippen molar-refractivity contribution >= 4 is 11.6 Å². The van der Waals surface area contributed by atoms with E-state index in [4.69, 9.17) is 9.73 Å². The molecule has 0 radical (unpaired) electrons. The predicted molar refractivity (Wildman–Crippen MR) is 102 cm³/mol. The number of ether oxygens (including phenoxy) is 1. The molecule has 0 aliphatic carbocycles. The number of nitrogens with zero attached hydrogens (tertiary/aromatic N) is 3. The molecule has 1 aliphatic heterocycles. The number of methoxy groups -OCH3 is 1. The van der Waals surface area contributed by atoms with Crippen LogP contribution in [0.15, 0.2) is 41.4 Å². The van der Waals surface area contributed by atoms with Crippen LogP contribution in [0.25, 0.3) is 0 Å². The van der Waals surface area contributed by atoms with E-state index in [-0.39, 0.29) is 0 Å². The molecule has 2 rings (SSSR count). The Morgan fingerprint density at radius 3 is 2.50 bits per heavy atom. The Morgan fingerprint density at radius 2 is 1.92 bits per heavy atom. The van der Waals surface area contributed by atoms with Crippen LogP contribution in [0.5, 0.6) is 5.75 Å². The average Bonchev–Trinajstić information content (AvgIpc) is 2.64. The molecule has 0 amide bonds. The standard InChI is InChI=1S/C19H30N4O/c1-4-6-7-12-21-19(20-5-2)23-15-13-22(14-16-23)17-8-10-18(24-3)11-9-17/h4,6,8-11H,5,7,12-16H2,1-3H3,(H,20,21)/b6-4+. The van der Waals surface area contributed by atoms with Crippen molar-refractivity contribution in [2.75, 3.05) is 51.3 Å². The van der Waals surface area contributed by atoms with Crippen LogP contribution in [0.1, 0.15) is 20.3 Å². The van der Waals surface area contributed by atoms with Crippen molar-refractivity contribution in [2.45, 2.75) is 20.3 Å². The van der Waals surface area contributed by atoms with Gasteiger partial charge in [-0.3, -0.25) is 4.99 Å². The summed E-state index contributed by atoms with van der Waals surface area (Å²) in [7, 11) is 1.70. The molecule has 0 aromatic heterocycles. The summed E-state index contributed by atoms with van der Waals surface area (Å²) in [4.78, 5) is 9.52. The van der Waals surface area contributed by atoms with Crippen molar-refractivity contribution in [3.8, 4) is 5.75 Å². The summed E-state index contributed by atoms with van der Waals surface area (Å²) in [5.74, 6) is 1.94. The molecule has 1 saturated heterocycles. The Kier molecular flexibility index (Phi) is 7.46. The van der Waals surface area contributed by atoms with Gasteiger partial charge in [0.25, 0.3) is 0 Å². The van der Waals surface area contributed by atoms with Gasteiger partial charge in [-0.05, 0) is 44.5 Å². The molecule has 1 heterocycles. The summed E-state index contributed by atoms with van der Waals surface area (Å²) in [6, 6.07) is 8.30. The van der Waals surface area contributed by atoms with Crippen molar-refractivity contribution in [1.29, 1.82) is 0 Å². The number of allylic oxidation sites excluding steroid dienone is 1. The number of rotatable bonds is 6. The predicted octanol–water partition coefficient (Wildman–Crippen LogP) is 2.75. The second-order valence-corrected chi connectivity index (χ2v) is 5.77. The van der Waals surface area contributed by atoms with Gasteiger partial charge in [-0.1, -0.05) is 12.2 Å². The lowest BCUT2D eigenvalue weighted by molar-refractivity contribution is 0.372. The molecule has 5 nitrogen and oxygen atoms in total. The lowest BCUT2D eigenvalue weighted by Crippen LogP contribution is -2.52. The monoisotopic (exact) mass is 330 g/mol. The zero-order valence-electron chi connectivity index (χ0n) is 15.2. The number of nitrogens with one attached hydrogen (secondary N) is 1. The molecule has 1 aromatic carbocycles. The average molecular weight is 330 g/mol. The summed E-state index contributed by atoms with van der Waals surface area (Å²) in [6.45, 7) is 9.90. The Bertz CT molecular complexity index is 531. The first kappa shape index (κ1) is 18.2.